The molecule has 0 bridgehead atoms. The van der Waals surface area contributed by atoms with Gasteiger partial charge in [-0.2, -0.15) is 0 Å². The molecule has 0 radical (unpaired) electrons. The third-order valence-corrected chi connectivity index (χ3v) is 3.34. The Labute approximate surface area is 127 Å². The van der Waals surface area contributed by atoms with Gasteiger partial charge in [-0.1, -0.05) is 29.8 Å². The first-order valence-corrected chi connectivity index (χ1v) is 6.75. The number of nitrogens with one attached hydrogen (secondary N) is 1. The van der Waals surface area contributed by atoms with Crippen LogP contribution in [0.5, 0.6) is 0 Å². The number of rotatable bonds is 4. The first kappa shape index (κ1) is 15.1. The number of aromatic carboxylic acids is 1. The number of carbonyl (C=O) groups excluding carboxylic acids is 1. The van der Waals surface area contributed by atoms with E-state index in [4.69, 9.17) is 16.7 Å². The van der Waals surface area contributed by atoms with Crippen LogP contribution >= 0.6 is 11.6 Å². The van der Waals surface area contributed by atoms with Crippen molar-refractivity contribution in [3.05, 3.63) is 70.2 Å². The summed E-state index contributed by atoms with van der Waals surface area (Å²) in [6, 6.07) is 12.9. The molecule has 2 rings (SSSR count). The van der Waals surface area contributed by atoms with Crippen LogP contribution in [0.25, 0.3) is 0 Å². The van der Waals surface area contributed by atoms with Gasteiger partial charge in [-0.3, -0.25) is 4.79 Å². The normalized spacial score (nSPS) is 11.7. The molecule has 0 saturated heterocycles. The van der Waals surface area contributed by atoms with Crippen molar-refractivity contribution >= 4 is 23.5 Å². The molecule has 0 aliphatic heterocycles. The van der Waals surface area contributed by atoms with Gasteiger partial charge in [0.15, 0.2) is 0 Å². The molecule has 5 heteroatoms. The van der Waals surface area contributed by atoms with E-state index in [0.717, 1.165) is 5.56 Å². The van der Waals surface area contributed by atoms with Crippen molar-refractivity contribution in [3.63, 3.8) is 0 Å². The quantitative estimate of drug-likeness (QED) is 0.908. The third-order valence-electron chi connectivity index (χ3n) is 3.09. The summed E-state index contributed by atoms with van der Waals surface area (Å²) in [4.78, 5) is 23.0. The molecule has 4 nitrogen and oxygen atoms in total. The van der Waals surface area contributed by atoms with Crippen LogP contribution < -0.4 is 5.32 Å². The zero-order chi connectivity index (χ0) is 15.4. The fraction of sp³-hybridized carbons (Fsp3) is 0.125. The number of carbonyl (C=O) groups is 2. The van der Waals surface area contributed by atoms with E-state index >= 15 is 0 Å². The molecule has 0 aliphatic carbocycles. The second-order valence-electron chi connectivity index (χ2n) is 4.63. The Hall–Kier alpha value is -2.33. The largest absolute Gasteiger partial charge is 0.478 e. The van der Waals surface area contributed by atoms with Gasteiger partial charge in [0.25, 0.3) is 5.91 Å². The number of carboxylic acids is 1. The Balaban J connectivity index is 2.12. The van der Waals surface area contributed by atoms with E-state index in [1.807, 2.05) is 19.1 Å². The summed E-state index contributed by atoms with van der Waals surface area (Å²) in [7, 11) is 0. The van der Waals surface area contributed by atoms with Gasteiger partial charge in [0.05, 0.1) is 11.6 Å². The van der Waals surface area contributed by atoms with Crippen LogP contribution in [0.1, 0.15) is 39.2 Å². The maximum absolute atomic E-state index is 12.1. The summed E-state index contributed by atoms with van der Waals surface area (Å²) in [6.45, 7) is 1.85. The van der Waals surface area contributed by atoms with Gasteiger partial charge in [-0.25, -0.2) is 4.79 Å². The minimum Gasteiger partial charge on any atom is -0.478 e. The fourth-order valence-corrected chi connectivity index (χ4v) is 2.03. The molecule has 0 heterocycles. The van der Waals surface area contributed by atoms with Crippen molar-refractivity contribution in [1.82, 2.24) is 5.32 Å². The Kier molecular flexibility index (Phi) is 4.60. The Morgan fingerprint density at radius 3 is 2.33 bits per heavy atom. The predicted molar refractivity (Wildman–Crippen MR) is 80.7 cm³/mol. The van der Waals surface area contributed by atoms with Gasteiger partial charge < -0.3 is 10.4 Å². The number of halogens is 1. The van der Waals surface area contributed by atoms with Crippen LogP contribution in [0.4, 0.5) is 0 Å². The second kappa shape index (κ2) is 6.41. The average Bonchev–Trinajstić information content (AvgIpc) is 2.48. The number of benzene rings is 2. The number of hydrogen-bond acceptors (Lipinski definition) is 2. The second-order valence-corrected chi connectivity index (χ2v) is 5.07. The molecule has 0 spiro atoms. The number of carboxylic acid groups (broad SMARTS) is 1. The predicted octanol–water partition coefficient (Wildman–Crippen LogP) is 3.53. The van der Waals surface area contributed by atoms with Gasteiger partial charge >= 0.3 is 5.97 Å². The van der Waals surface area contributed by atoms with Gasteiger partial charge in [-0.05, 0) is 42.8 Å². The molecule has 1 atom stereocenters. The van der Waals surface area contributed by atoms with Crippen LogP contribution in [0.2, 0.25) is 5.02 Å². The zero-order valence-electron chi connectivity index (χ0n) is 11.3. The lowest BCUT2D eigenvalue weighted by Gasteiger charge is -2.14. The molecule has 1 amide bonds. The van der Waals surface area contributed by atoms with Crippen molar-refractivity contribution in [3.8, 4) is 0 Å². The molecule has 0 aliphatic rings. The highest BCUT2D eigenvalue weighted by Crippen LogP contribution is 2.16. The van der Waals surface area contributed by atoms with Crippen molar-refractivity contribution < 1.29 is 14.7 Å². The van der Waals surface area contributed by atoms with E-state index in [1.165, 1.54) is 12.1 Å². The molecule has 2 aromatic carbocycles. The minimum atomic E-state index is -1.06. The van der Waals surface area contributed by atoms with E-state index in [0.29, 0.717) is 10.6 Å². The van der Waals surface area contributed by atoms with Gasteiger partial charge in [-0.15, -0.1) is 0 Å². The maximum Gasteiger partial charge on any atom is 0.335 e. The Morgan fingerprint density at radius 1 is 1.10 bits per heavy atom. The SMILES string of the molecule is CC(NC(=O)c1cccc(C(=O)O)c1)c1ccc(Cl)cc1. The summed E-state index contributed by atoms with van der Waals surface area (Å²) in [6.07, 6.45) is 0. The van der Waals surface area contributed by atoms with Crippen molar-refractivity contribution in [2.45, 2.75) is 13.0 Å². The van der Waals surface area contributed by atoms with Crippen LogP contribution in [-0.2, 0) is 0 Å². The lowest BCUT2D eigenvalue weighted by Crippen LogP contribution is -2.26. The van der Waals surface area contributed by atoms with Crippen LogP contribution in [-0.4, -0.2) is 17.0 Å². The topological polar surface area (TPSA) is 66.4 Å². The van der Waals surface area contributed by atoms with Gasteiger partial charge in [0.1, 0.15) is 0 Å². The van der Waals surface area contributed by atoms with Crippen molar-refractivity contribution in [2.24, 2.45) is 0 Å². The highest BCUT2D eigenvalue weighted by Gasteiger charge is 2.13. The molecule has 2 aromatic rings. The van der Waals surface area contributed by atoms with Gasteiger partial charge in [0.2, 0.25) is 0 Å². The first-order chi connectivity index (χ1) is 9.97. The summed E-state index contributed by atoms with van der Waals surface area (Å²) in [5.74, 6) is -1.38. The molecular weight excluding hydrogens is 290 g/mol. The van der Waals surface area contributed by atoms with E-state index in [-0.39, 0.29) is 17.5 Å². The van der Waals surface area contributed by atoms with Gasteiger partial charge in [0, 0.05) is 10.6 Å². The number of hydrogen-bond donors (Lipinski definition) is 2. The maximum atomic E-state index is 12.1. The Bertz CT molecular complexity index is 667. The van der Waals surface area contributed by atoms with E-state index in [1.54, 1.807) is 24.3 Å². The smallest absolute Gasteiger partial charge is 0.335 e. The molecule has 2 N–H and O–H groups in total. The molecule has 0 fully saturated rings. The van der Waals surface area contributed by atoms with Crippen LogP contribution in [0, 0.1) is 0 Å². The molecular formula is C16H14ClNO3. The van der Waals surface area contributed by atoms with E-state index in [2.05, 4.69) is 5.32 Å². The monoisotopic (exact) mass is 303 g/mol. The highest BCUT2D eigenvalue weighted by atomic mass is 35.5. The summed E-state index contributed by atoms with van der Waals surface area (Å²) in [5, 5.41) is 12.4. The standard InChI is InChI=1S/C16H14ClNO3/c1-10(11-5-7-14(17)8-6-11)18-15(19)12-3-2-4-13(9-12)16(20)21/h2-10H,1H3,(H,18,19)(H,20,21). The third kappa shape index (κ3) is 3.83. The number of amides is 1. The highest BCUT2D eigenvalue weighted by molar-refractivity contribution is 6.30. The van der Waals surface area contributed by atoms with Crippen molar-refractivity contribution in [1.29, 1.82) is 0 Å². The Morgan fingerprint density at radius 2 is 1.71 bits per heavy atom. The molecule has 0 saturated carbocycles. The zero-order valence-corrected chi connectivity index (χ0v) is 12.1. The molecule has 108 valence electrons. The fourth-order valence-electron chi connectivity index (χ4n) is 1.91. The molecule has 0 aromatic heterocycles. The molecule has 21 heavy (non-hydrogen) atoms. The summed E-state index contributed by atoms with van der Waals surface area (Å²) >= 11 is 5.82. The van der Waals surface area contributed by atoms with Crippen LogP contribution in [0.15, 0.2) is 48.5 Å². The molecule has 1 unspecified atom stereocenters. The lowest BCUT2D eigenvalue weighted by molar-refractivity contribution is 0.0697. The van der Waals surface area contributed by atoms with Crippen LogP contribution in [0.3, 0.4) is 0 Å². The minimum absolute atomic E-state index is 0.0850. The first-order valence-electron chi connectivity index (χ1n) is 6.37. The lowest BCUT2D eigenvalue weighted by atomic mass is 10.1. The van der Waals surface area contributed by atoms with E-state index in [9.17, 15) is 9.59 Å². The van der Waals surface area contributed by atoms with Crippen molar-refractivity contribution in [2.75, 3.05) is 0 Å². The summed E-state index contributed by atoms with van der Waals surface area (Å²) < 4.78 is 0. The van der Waals surface area contributed by atoms with E-state index < -0.39 is 5.97 Å². The average molecular weight is 304 g/mol. The summed E-state index contributed by atoms with van der Waals surface area (Å²) in [5.41, 5.74) is 1.32.